The van der Waals surface area contributed by atoms with Crippen LogP contribution in [-0.4, -0.2) is 12.4 Å². The molecule has 1 atom stereocenters. The zero-order valence-corrected chi connectivity index (χ0v) is 16.7. The molecular formula is C23H19F3N4O2. The normalized spacial score (nSPS) is 11.9. The second kappa shape index (κ2) is 9.85. The number of anilines is 1. The van der Waals surface area contributed by atoms with E-state index in [1.165, 1.54) is 12.1 Å². The second-order valence-corrected chi connectivity index (χ2v) is 6.82. The van der Waals surface area contributed by atoms with E-state index < -0.39 is 24.2 Å². The topological polar surface area (TPSA) is 91.4 Å². The number of carbonyl (C=O) groups excluding carboxylic acids is 1. The predicted molar refractivity (Wildman–Crippen MR) is 112 cm³/mol. The Hall–Kier alpha value is -4.03. The molecule has 2 amide bonds. The van der Waals surface area contributed by atoms with Crippen molar-refractivity contribution in [1.82, 2.24) is 5.43 Å². The number of nitrogens with two attached hydrogens (primary N) is 1. The van der Waals surface area contributed by atoms with E-state index in [9.17, 15) is 18.0 Å². The number of urea groups is 1. The third kappa shape index (κ3) is 6.23. The highest BCUT2D eigenvalue weighted by Crippen LogP contribution is 2.26. The molecule has 164 valence electrons. The van der Waals surface area contributed by atoms with Gasteiger partial charge in [-0.1, -0.05) is 42.5 Å². The Morgan fingerprint density at radius 1 is 1.03 bits per heavy atom. The molecule has 3 aromatic carbocycles. The van der Waals surface area contributed by atoms with Gasteiger partial charge in [-0.2, -0.15) is 5.26 Å². The molecule has 0 heterocycles. The highest BCUT2D eigenvalue weighted by molar-refractivity contribution is 5.89. The predicted octanol–water partition coefficient (Wildman–Crippen LogP) is 4.83. The Bertz CT molecular complexity index is 1080. The van der Waals surface area contributed by atoms with Gasteiger partial charge in [-0.25, -0.2) is 15.2 Å². The fourth-order valence-electron chi connectivity index (χ4n) is 3.09. The number of hydrogen-bond donors (Lipinski definition) is 2. The Morgan fingerprint density at radius 2 is 1.66 bits per heavy atom. The lowest BCUT2D eigenvalue weighted by Gasteiger charge is -2.28. The molecule has 0 aliphatic carbocycles. The second-order valence-electron chi connectivity index (χ2n) is 6.82. The third-order valence-corrected chi connectivity index (χ3v) is 4.56. The standard InChI is InChI=1S/C23H19F3N4O2/c24-23(25,26)32-20-12-10-19(11-13-20)30(22(28)31)29-21(18-4-2-1-3-5-18)14-16-6-8-17(15-27)9-7-16/h1-13,21,29H,14H2,(H2,28,31). The number of nitrogens with zero attached hydrogens (tertiary/aromatic N) is 2. The van der Waals surface area contributed by atoms with Gasteiger partial charge < -0.3 is 10.5 Å². The summed E-state index contributed by atoms with van der Waals surface area (Å²) in [6, 6.07) is 21.9. The zero-order chi connectivity index (χ0) is 23.1. The van der Waals surface area contributed by atoms with Gasteiger partial charge in [0.1, 0.15) is 5.75 Å². The summed E-state index contributed by atoms with van der Waals surface area (Å²) >= 11 is 0. The Morgan fingerprint density at radius 3 is 2.19 bits per heavy atom. The molecule has 0 radical (unpaired) electrons. The molecular weight excluding hydrogens is 421 g/mol. The number of halogens is 3. The quantitative estimate of drug-likeness (QED) is 0.515. The first-order valence-electron chi connectivity index (χ1n) is 9.50. The Balaban J connectivity index is 1.86. The summed E-state index contributed by atoms with van der Waals surface area (Å²) in [6.45, 7) is 0. The zero-order valence-electron chi connectivity index (χ0n) is 16.7. The van der Waals surface area contributed by atoms with E-state index in [2.05, 4.69) is 16.2 Å². The number of nitrogens with one attached hydrogen (secondary N) is 1. The monoisotopic (exact) mass is 440 g/mol. The third-order valence-electron chi connectivity index (χ3n) is 4.56. The molecule has 6 nitrogen and oxygen atoms in total. The van der Waals surface area contributed by atoms with Crippen LogP contribution in [0, 0.1) is 11.3 Å². The number of nitriles is 1. The van der Waals surface area contributed by atoms with Crippen molar-refractivity contribution in [2.75, 3.05) is 5.01 Å². The number of primary amides is 1. The number of carbonyl (C=O) groups is 1. The van der Waals surface area contributed by atoms with Crippen molar-refractivity contribution in [2.24, 2.45) is 5.73 Å². The molecule has 0 fully saturated rings. The van der Waals surface area contributed by atoms with E-state index in [1.807, 2.05) is 42.5 Å². The minimum absolute atomic E-state index is 0.243. The highest BCUT2D eigenvalue weighted by Gasteiger charge is 2.31. The van der Waals surface area contributed by atoms with Gasteiger partial charge in [0.15, 0.2) is 0 Å². The number of benzene rings is 3. The van der Waals surface area contributed by atoms with E-state index >= 15 is 0 Å². The van der Waals surface area contributed by atoms with Crippen molar-refractivity contribution >= 4 is 11.7 Å². The largest absolute Gasteiger partial charge is 0.573 e. The lowest BCUT2D eigenvalue weighted by molar-refractivity contribution is -0.274. The first-order valence-corrected chi connectivity index (χ1v) is 9.50. The van der Waals surface area contributed by atoms with Crippen LogP contribution in [0.4, 0.5) is 23.7 Å². The molecule has 32 heavy (non-hydrogen) atoms. The van der Waals surface area contributed by atoms with Crippen molar-refractivity contribution in [1.29, 1.82) is 5.26 Å². The van der Waals surface area contributed by atoms with Crippen LogP contribution < -0.4 is 20.9 Å². The molecule has 3 rings (SSSR count). The van der Waals surface area contributed by atoms with Crippen LogP contribution in [0.5, 0.6) is 5.75 Å². The maximum absolute atomic E-state index is 12.4. The first kappa shape index (κ1) is 22.7. The Labute approximate surface area is 182 Å². The lowest BCUT2D eigenvalue weighted by Crippen LogP contribution is -2.48. The van der Waals surface area contributed by atoms with Crippen LogP contribution in [0.15, 0.2) is 78.9 Å². The van der Waals surface area contributed by atoms with E-state index in [0.29, 0.717) is 12.0 Å². The number of alkyl halides is 3. The summed E-state index contributed by atoms with van der Waals surface area (Å²) < 4.78 is 41.1. The highest BCUT2D eigenvalue weighted by atomic mass is 19.4. The van der Waals surface area contributed by atoms with Gasteiger partial charge in [0, 0.05) is 0 Å². The number of hydrazine groups is 1. The van der Waals surface area contributed by atoms with Crippen molar-refractivity contribution < 1.29 is 22.7 Å². The number of amides is 2. The maximum atomic E-state index is 12.4. The van der Waals surface area contributed by atoms with Crippen LogP contribution >= 0.6 is 0 Å². The molecule has 9 heteroatoms. The summed E-state index contributed by atoms with van der Waals surface area (Å²) in [4.78, 5) is 12.2. The van der Waals surface area contributed by atoms with Gasteiger partial charge in [0.25, 0.3) is 0 Å². The van der Waals surface area contributed by atoms with Crippen molar-refractivity contribution in [3.05, 3.63) is 95.6 Å². The van der Waals surface area contributed by atoms with Gasteiger partial charge in [0.05, 0.1) is 23.4 Å². The van der Waals surface area contributed by atoms with Gasteiger partial charge in [0.2, 0.25) is 0 Å². The van der Waals surface area contributed by atoms with Crippen LogP contribution in [0.25, 0.3) is 0 Å². The summed E-state index contributed by atoms with van der Waals surface area (Å²) in [7, 11) is 0. The fourth-order valence-corrected chi connectivity index (χ4v) is 3.09. The van der Waals surface area contributed by atoms with Crippen LogP contribution in [0.3, 0.4) is 0 Å². The van der Waals surface area contributed by atoms with Crippen LogP contribution in [0.2, 0.25) is 0 Å². The number of hydrogen-bond acceptors (Lipinski definition) is 4. The molecule has 0 aliphatic heterocycles. The van der Waals surface area contributed by atoms with Gasteiger partial charge >= 0.3 is 12.4 Å². The average Bonchev–Trinajstić information content (AvgIpc) is 2.77. The van der Waals surface area contributed by atoms with E-state index in [4.69, 9.17) is 11.0 Å². The van der Waals surface area contributed by atoms with Gasteiger partial charge in [-0.15, -0.1) is 13.2 Å². The number of ether oxygens (including phenoxy) is 1. The van der Waals surface area contributed by atoms with E-state index in [0.717, 1.165) is 28.3 Å². The Kier molecular flexibility index (Phi) is 6.97. The molecule has 3 aromatic rings. The van der Waals surface area contributed by atoms with Crippen LogP contribution in [0.1, 0.15) is 22.7 Å². The average molecular weight is 440 g/mol. The molecule has 0 bridgehead atoms. The molecule has 0 spiro atoms. The first-order chi connectivity index (χ1) is 15.2. The van der Waals surface area contributed by atoms with Crippen molar-refractivity contribution in [3.8, 4) is 11.8 Å². The molecule has 0 saturated carbocycles. The SMILES string of the molecule is N#Cc1ccc(CC(NN(C(N)=O)c2ccc(OC(F)(F)F)cc2)c2ccccc2)cc1. The summed E-state index contributed by atoms with van der Waals surface area (Å²) in [5.74, 6) is -0.414. The summed E-state index contributed by atoms with van der Waals surface area (Å²) in [6.07, 6.45) is -4.36. The van der Waals surface area contributed by atoms with E-state index in [-0.39, 0.29) is 5.69 Å². The minimum Gasteiger partial charge on any atom is -0.406 e. The summed E-state index contributed by atoms with van der Waals surface area (Å²) in [5, 5.41) is 10.1. The van der Waals surface area contributed by atoms with Gasteiger partial charge in [-0.3, -0.25) is 0 Å². The minimum atomic E-state index is -4.82. The number of rotatable bonds is 7. The summed E-state index contributed by atoms with van der Waals surface area (Å²) in [5.41, 5.74) is 11.1. The molecule has 1 unspecified atom stereocenters. The van der Waals surface area contributed by atoms with E-state index in [1.54, 1.807) is 12.1 Å². The van der Waals surface area contributed by atoms with Crippen molar-refractivity contribution in [2.45, 2.75) is 18.8 Å². The van der Waals surface area contributed by atoms with Crippen LogP contribution in [-0.2, 0) is 6.42 Å². The molecule has 0 aromatic heterocycles. The smallest absolute Gasteiger partial charge is 0.406 e. The van der Waals surface area contributed by atoms with Gasteiger partial charge in [-0.05, 0) is 53.9 Å². The molecule has 0 aliphatic rings. The maximum Gasteiger partial charge on any atom is 0.573 e. The molecule has 3 N–H and O–H groups in total. The van der Waals surface area contributed by atoms with Crippen molar-refractivity contribution in [3.63, 3.8) is 0 Å². The fraction of sp³-hybridized carbons (Fsp3) is 0.130. The lowest BCUT2D eigenvalue weighted by atomic mass is 9.99. The molecule has 0 saturated heterocycles.